The van der Waals surface area contributed by atoms with E-state index in [4.69, 9.17) is 0 Å². The molecule has 2 aromatic rings. The molecule has 1 amide bonds. The lowest BCUT2D eigenvalue weighted by molar-refractivity contribution is -0.385. The van der Waals surface area contributed by atoms with Crippen LogP contribution in [0.25, 0.3) is 6.08 Å². The first kappa shape index (κ1) is 17.3. The van der Waals surface area contributed by atoms with Gasteiger partial charge in [-0.25, -0.2) is 0 Å². The van der Waals surface area contributed by atoms with Crippen molar-refractivity contribution >= 4 is 23.4 Å². The van der Waals surface area contributed by atoms with Crippen molar-refractivity contribution in [1.82, 2.24) is 5.32 Å². The number of nitro benzene ring substituents is 1. The van der Waals surface area contributed by atoms with E-state index >= 15 is 0 Å². The minimum Gasteiger partial charge on any atom is -0.344 e. The van der Waals surface area contributed by atoms with Gasteiger partial charge < -0.3 is 10.2 Å². The van der Waals surface area contributed by atoms with Gasteiger partial charge in [-0.3, -0.25) is 14.9 Å². The molecule has 138 valence electrons. The molecule has 2 heterocycles. The van der Waals surface area contributed by atoms with Gasteiger partial charge in [-0.2, -0.15) is 0 Å². The number of nitrogens with one attached hydrogen (secondary N) is 1. The van der Waals surface area contributed by atoms with Gasteiger partial charge in [0, 0.05) is 30.1 Å². The average molecular weight is 363 g/mol. The molecule has 6 heteroatoms. The normalized spacial score (nSPS) is 23.0. The van der Waals surface area contributed by atoms with Crippen LogP contribution in [0.15, 0.2) is 54.6 Å². The Morgan fingerprint density at radius 3 is 2.63 bits per heavy atom. The van der Waals surface area contributed by atoms with Crippen molar-refractivity contribution < 1.29 is 9.72 Å². The zero-order valence-electron chi connectivity index (χ0n) is 15.3. The summed E-state index contributed by atoms with van der Waals surface area (Å²) in [5.74, 6) is -0.0145. The smallest absolute Gasteiger partial charge is 0.276 e. The summed E-state index contributed by atoms with van der Waals surface area (Å²) in [6, 6.07) is 14.8. The highest BCUT2D eigenvalue weighted by atomic mass is 16.6. The van der Waals surface area contributed by atoms with Crippen molar-refractivity contribution in [2.24, 2.45) is 0 Å². The second-order valence-electron chi connectivity index (χ2n) is 7.51. The highest BCUT2D eigenvalue weighted by Crippen LogP contribution is 2.52. The molecule has 1 N–H and O–H groups in total. The Hall–Kier alpha value is -3.15. The first-order valence-electron chi connectivity index (χ1n) is 8.98. The SMILES string of the molecule is CC1(C)c2ccccc2N2CCC(=O)N[C@]21/C=C/c1ccccc1[N+](=O)[O-]. The van der Waals surface area contributed by atoms with E-state index in [9.17, 15) is 14.9 Å². The number of nitrogens with zero attached hydrogens (tertiary/aromatic N) is 2. The monoisotopic (exact) mass is 363 g/mol. The fourth-order valence-corrected chi connectivity index (χ4v) is 4.32. The van der Waals surface area contributed by atoms with E-state index in [1.165, 1.54) is 6.07 Å². The Morgan fingerprint density at radius 1 is 1.15 bits per heavy atom. The van der Waals surface area contributed by atoms with Gasteiger partial charge in [0.05, 0.1) is 10.5 Å². The Morgan fingerprint density at radius 2 is 1.85 bits per heavy atom. The summed E-state index contributed by atoms with van der Waals surface area (Å²) in [7, 11) is 0. The van der Waals surface area contributed by atoms with Crippen molar-refractivity contribution in [3.63, 3.8) is 0 Å². The lowest BCUT2D eigenvalue weighted by Crippen LogP contribution is -2.68. The number of benzene rings is 2. The number of rotatable bonds is 3. The van der Waals surface area contributed by atoms with Crippen LogP contribution in [-0.4, -0.2) is 23.0 Å². The maximum atomic E-state index is 12.4. The lowest BCUT2D eigenvalue weighted by atomic mass is 9.74. The minimum absolute atomic E-state index is 0.0145. The number of hydrogen-bond acceptors (Lipinski definition) is 4. The molecule has 1 saturated heterocycles. The number of carbonyl (C=O) groups is 1. The summed E-state index contributed by atoms with van der Waals surface area (Å²) < 4.78 is 0. The summed E-state index contributed by atoms with van der Waals surface area (Å²) in [5.41, 5.74) is 1.64. The number of para-hydroxylation sites is 2. The maximum Gasteiger partial charge on any atom is 0.276 e. The highest BCUT2D eigenvalue weighted by molar-refractivity contribution is 5.84. The lowest BCUT2D eigenvalue weighted by Gasteiger charge is -2.49. The molecule has 0 aliphatic carbocycles. The third-order valence-electron chi connectivity index (χ3n) is 5.78. The zero-order chi connectivity index (χ0) is 19.2. The molecular weight excluding hydrogens is 342 g/mol. The Kier molecular flexibility index (Phi) is 3.80. The first-order chi connectivity index (χ1) is 12.9. The van der Waals surface area contributed by atoms with Crippen LogP contribution in [0.5, 0.6) is 0 Å². The number of nitro groups is 1. The summed E-state index contributed by atoms with van der Waals surface area (Å²) in [6.07, 6.45) is 4.09. The zero-order valence-corrected chi connectivity index (χ0v) is 15.3. The molecule has 6 nitrogen and oxygen atoms in total. The van der Waals surface area contributed by atoms with Crippen LogP contribution in [-0.2, 0) is 10.2 Å². The molecular formula is C21H21N3O3. The van der Waals surface area contributed by atoms with E-state index in [-0.39, 0.29) is 16.5 Å². The minimum atomic E-state index is -0.768. The van der Waals surface area contributed by atoms with Crippen LogP contribution in [0.3, 0.4) is 0 Å². The second kappa shape index (κ2) is 5.94. The third-order valence-corrected chi connectivity index (χ3v) is 5.78. The van der Waals surface area contributed by atoms with Gasteiger partial charge in [-0.15, -0.1) is 0 Å². The first-order valence-corrected chi connectivity index (χ1v) is 8.98. The second-order valence-corrected chi connectivity index (χ2v) is 7.51. The molecule has 2 aliphatic rings. The molecule has 0 spiro atoms. The number of fused-ring (bicyclic) bond motifs is 3. The largest absolute Gasteiger partial charge is 0.344 e. The van der Waals surface area contributed by atoms with Crippen LogP contribution in [0.2, 0.25) is 0 Å². The third kappa shape index (κ3) is 2.44. The molecule has 0 saturated carbocycles. The maximum absolute atomic E-state index is 12.4. The molecule has 0 radical (unpaired) electrons. The van der Waals surface area contributed by atoms with Crippen LogP contribution < -0.4 is 10.2 Å². The fraction of sp³-hybridized carbons (Fsp3) is 0.286. The summed E-state index contributed by atoms with van der Waals surface area (Å²) >= 11 is 0. The molecule has 2 aromatic carbocycles. The predicted molar refractivity (Wildman–Crippen MR) is 104 cm³/mol. The van der Waals surface area contributed by atoms with Crippen molar-refractivity contribution in [2.45, 2.75) is 31.3 Å². The Bertz CT molecular complexity index is 967. The average Bonchev–Trinajstić information content (AvgIpc) is 2.85. The summed E-state index contributed by atoms with van der Waals surface area (Å²) in [6.45, 7) is 4.80. The van der Waals surface area contributed by atoms with E-state index in [1.54, 1.807) is 24.3 Å². The standard InChI is InChI=1S/C21H21N3O3/c1-20(2)16-8-4-6-10-18(16)23-14-12-19(25)22-21(20,23)13-11-15-7-3-5-9-17(15)24(26)27/h3-11,13H,12,14H2,1-2H3,(H,22,25)/b13-11+/t21-/m1/s1. The van der Waals surface area contributed by atoms with Crippen molar-refractivity contribution in [2.75, 3.05) is 11.4 Å². The Labute approximate surface area is 157 Å². The van der Waals surface area contributed by atoms with Crippen LogP contribution >= 0.6 is 0 Å². The molecule has 2 aliphatic heterocycles. The van der Waals surface area contributed by atoms with E-state index in [2.05, 4.69) is 36.2 Å². The molecule has 1 fully saturated rings. The predicted octanol–water partition coefficient (Wildman–Crippen LogP) is 3.62. The van der Waals surface area contributed by atoms with Crippen LogP contribution in [0.1, 0.15) is 31.4 Å². The quantitative estimate of drug-likeness (QED) is 0.667. The highest BCUT2D eigenvalue weighted by Gasteiger charge is 2.57. The summed E-state index contributed by atoms with van der Waals surface area (Å²) in [5, 5.41) is 14.5. The molecule has 0 unspecified atom stereocenters. The topological polar surface area (TPSA) is 75.5 Å². The van der Waals surface area contributed by atoms with E-state index in [0.29, 0.717) is 18.5 Å². The van der Waals surface area contributed by atoms with Gasteiger partial charge in [-0.05, 0) is 29.8 Å². The Balaban J connectivity index is 1.86. The molecule has 0 aromatic heterocycles. The van der Waals surface area contributed by atoms with Crippen molar-refractivity contribution in [3.8, 4) is 0 Å². The number of anilines is 1. The number of hydrogen-bond donors (Lipinski definition) is 1. The van der Waals surface area contributed by atoms with E-state index < -0.39 is 11.1 Å². The summed E-state index contributed by atoms with van der Waals surface area (Å²) in [4.78, 5) is 25.5. The number of amides is 1. The molecule has 0 bridgehead atoms. The van der Waals surface area contributed by atoms with Gasteiger partial charge in [0.25, 0.3) is 5.69 Å². The van der Waals surface area contributed by atoms with Crippen molar-refractivity contribution in [1.29, 1.82) is 0 Å². The van der Waals surface area contributed by atoms with Crippen LogP contribution in [0, 0.1) is 10.1 Å². The molecule has 1 atom stereocenters. The molecule has 27 heavy (non-hydrogen) atoms. The van der Waals surface area contributed by atoms with Crippen molar-refractivity contribution in [3.05, 3.63) is 75.8 Å². The van der Waals surface area contributed by atoms with Gasteiger partial charge in [-0.1, -0.05) is 44.2 Å². The van der Waals surface area contributed by atoms with E-state index in [1.807, 2.05) is 18.2 Å². The van der Waals surface area contributed by atoms with Crippen LogP contribution in [0.4, 0.5) is 11.4 Å². The van der Waals surface area contributed by atoms with Gasteiger partial charge >= 0.3 is 0 Å². The van der Waals surface area contributed by atoms with Gasteiger partial charge in [0.15, 0.2) is 0 Å². The number of carbonyl (C=O) groups excluding carboxylic acids is 1. The fourth-order valence-electron chi connectivity index (χ4n) is 4.32. The van der Waals surface area contributed by atoms with E-state index in [0.717, 1.165) is 11.3 Å². The van der Waals surface area contributed by atoms with Gasteiger partial charge in [0.1, 0.15) is 5.66 Å². The van der Waals surface area contributed by atoms with Gasteiger partial charge in [0.2, 0.25) is 5.91 Å². The molecule has 4 rings (SSSR count).